The summed E-state index contributed by atoms with van der Waals surface area (Å²) in [5, 5.41) is 6.48. The molecule has 3 rings (SSSR count). The highest BCUT2D eigenvalue weighted by molar-refractivity contribution is 5.94. The third-order valence-corrected chi connectivity index (χ3v) is 4.61. The van der Waals surface area contributed by atoms with Crippen LogP contribution < -0.4 is 15.5 Å². The number of benzene rings is 1. The number of carbonyl (C=O) groups is 1. The van der Waals surface area contributed by atoms with Crippen molar-refractivity contribution in [3.63, 3.8) is 0 Å². The lowest BCUT2D eigenvalue weighted by atomic mass is 9.75. The Morgan fingerprint density at radius 1 is 1.29 bits per heavy atom. The monoisotopic (exact) mass is 287 g/mol. The molecule has 1 heterocycles. The molecule has 0 spiro atoms. The van der Waals surface area contributed by atoms with Crippen molar-refractivity contribution >= 4 is 17.4 Å². The van der Waals surface area contributed by atoms with Crippen LogP contribution in [-0.4, -0.2) is 25.2 Å². The first-order valence-corrected chi connectivity index (χ1v) is 7.95. The van der Waals surface area contributed by atoms with Gasteiger partial charge in [0.25, 0.3) is 0 Å². The Hall–Kier alpha value is -1.71. The fourth-order valence-corrected chi connectivity index (χ4v) is 3.51. The molecule has 2 N–H and O–H groups in total. The van der Waals surface area contributed by atoms with Gasteiger partial charge in [0.2, 0.25) is 0 Å². The van der Waals surface area contributed by atoms with Crippen LogP contribution in [0.2, 0.25) is 0 Å². The van der Waals surface area contributed by atoms with Crippen LogP contribution in [0, 0.1) is 5.41 Å². The Kier molecular flexibility index (Phi) is 3.79. The molecular weight excluding hydrogens is 262 g/mol. The predicted octanol–water partition coefficient (Wildman–Crippen LogP) is 3.60. The summed E-state index contributed by atoms with van der Waals surface area (Å²) in [6, 6.07) is 8.80. The smallest absolute Gasteiger partial charge is 0.321 e. The summed E-state index contributed by atoms with van der Waals surface area (Å²) in [6.45, 7) is 6.20. The van der Waals surface area contributed by atoms with Crippen LogP contribution in [0.15, 0.2) is 24.3 Å². The number of hydrogen-bond donors (Lipinski definition) is 2. The van der Waals surface area contributed by atoms with Crippen molar-refractivity contribution in [1.29, 1.82) is 0 Å². The maximum absolute atomic E-state index is 11.6. The summed E-state index contributed by atoms with van der Waals surface area (Å²) in [6.07, 6.45) is 5.11. The third-order valence-electron chi connectivity index (χ3n) is 4.61. The standard InChI is InChI=1S/C17H25N3O/c1-17(2)9-3-4-14(12-17)19-13-5-7-15(8-6-13)20-11-10-18-16(20)21/h5-8,14,19H,3-4,9-12H2,1-2H3,(H,18,21). The molecule has 1 saturated heterocycles. The molecule has 1 aromatic carbocycles. The summed E-state index contributed by atoms with van der Waals surface area (Å²) in [4.78, 5) is 13.4. The van der Waals surface area contributed by atoms with Crippen LogP contribution in [0.4, 0.5) is 16.2 Å². The molecule has 4 heteroatoms. The Morgan fingerprint density at radius 3 is 2.67 bits per heavy atom. The molecule has 4 nitrogen and oxygen atoms in total. The van der Waals surface area contributed by atoms with Crippen LogP contribution in [0.3, 0.4) is 0 Å². The van der Waals surface area contributed by atoms with Crippen molar-refractivity contribution in [2.24, 2.45) is 5.41 Å². The molecule has 0 aromatic heterocycles. The molecule has 0 bridgehead atoms. The van der Waals surface area contributed by atoms with Crippen molar-refractivity contribution in [1.82, 2.24) is 5.32 Å². The molecule has 1 aliphatic heterocycles. The van der Waals surface area contributed by atoms with Gasteiger partial charge in [-0.25, -0.2) is 4.79 Å². The van der Waals surface area contributed by atoms with Gasteiger partial charge in [0, 0.05) is 30.5 Å². The zero-order valence-corrected chi connectivity index (χ0v) is 13.0. The van der Waals surface area contributed by atoms with Gasteiger partial charge in [0.1, 0.15) is 0 Å². The average Bonchev–Trinajstić information content (AvgIpc) is 2.85. The van der Waals surface area contributed by atoms with Gasteiger partial charge in [0.05, 0.1) is 0 Å². The number of nitrogens with one attached hydrogen (secondary N) is 2. The van der Waals surface area contributed by atoms with Gasteiger partial charge < -0.3 is 10.6 Å². The highest BCUT2D eigenvalue weighted by Gasteiger charge is 2.27. The van der Waals surface area contributed by atoms with Crippen molar-refractivity contribution in [3.8, 4) is 0 Å². The summed E-state index contributed by atoms with van der Waals surface area (Å²) in [5.41, 5.74) is 2.57. The van der Waals surface area contributed by atoms with Gasteiger partial charge in [-0.2, -0.15) is 0 Å². The molecule has 0 radical (unpaired) electrons. The zero-order chi connectivity index (χ0) is 14.9. The van der Waals surface area contributed by atoms with Gasteiger partial charge in [-0.1, -0.05) is 20.3 Å². The van der Waals surface area contributed by atoms with E-state index in [4.69, 9.17) is 0 Å². The number of anilines is 2. The van der Waals surface area contributed by atoms with E-state index in [2.05, 4.69) is 36.6 Å². The second-order valence-electron chi connectivity index (χ2n) is 7.03. The van der Waals surface area contributed by atoms with Crippen molar-refractivity contribution in [2.75, 3.05) is 23.3 Å². The van der Waals surface area contributed by atoms with Crippen LogP contribution in [0.1, 0.15) is 39.5 Å². The minimum absolute atomic E-state index is 0.00439. The van der Waals surface area contributed by atoms with E-state index in [9.17, 15) is 4.79 Å². The summed E-state index contributed by atoms with van der Waals surface area (Å²) >= 11 is 0. The first-order chi connectivity index (χ1) is 10.0. The fraction of sp³-hybridized carbons (Fsp3) is 0.588. The molecule has 1 aliphatic carbocycles. The Bertz CT molecular complexity index is 509. The molecular formula is C17H25N3O. The normalized spacial score (nSPS) is 24.8. The Balaban J connectivity index is 1.63. The molecule has 21 heavy (non-hydrogen) atoms. The van der Waals surface area contributed by atoms with E-state index < -0.39 is 0 Å². The number of urea groups is 1. The lowest BCUT2D eigenvalue weighted by molar-refractivity contribution is 0.229. The number of nitrogens with zero attached hydrogens (tertiary/aromatic N) is 1. The SMILES string of the molecule is CC1(C)CCCC(Nc2ccc(N3CCNC3=O)cc2)C1. The van der Waals surface area contributed by atoms with Crippen LogP contribution in [0.5, 0.6) is 0 Å². The Labute approximate surface area is 126 Å². The van der Waals surface area contributed by atoms with E-state index in [0.717, 1.165) is 24.5 Å². The maximum atomic E-state index is 11.6. The average molecular weight is 287 g/mol. The van der Waals surface area contributed by atoms with Crippen molar-refractivity contribution in [3.05, 3.63) is 24.3 Å². The highest BCUT2D eigenvalue weighted by atomic mass is 16.2. The third kappa shape index (κ3) is 3.31. The number of hydrogen-bond acceptors (Lipinski definition) is 2. The lowest BCUT2D eigenvalue weighted by Gasteiger charge is -2.36. The Morgan fingerprint density at radius 2 is 2.05 bits per heavy atom. The maximum Gasteiger partial charge on any atom is 0.321 e. The summed E-state index contributed by atoms with van der Waals surface area (Å²) in [5.74, 6) is 0. The van der Waals surface area contributed by atoms with Gasteiger partial charge >= 0.3 is 6.03 Å². The van der Waals surface area contributed by atoms with Crippen LogP contribution >= 0.6 is 0 Å². The van der Waals surface area contributed by atoms with E-state index in [1.165, 1.54) is 25.7 Å². The minimum atomic E-state index is 0.00439. The fourth-order valence-electron chi connectivity index (χ4n) is 3.51. The quantitative estimate of drug-likeness (QED) is 0.892. The van der Waals surface area contributed by atoms with Crippen molar-refractivity contribution in [2.45, 2.75) is 45.6 Å². The molecule has 114 valence electrons. The first-order valence-electron chi connectivity index (χ1n) is 7.95. The van der Waals surface area contributed by atoms with E-state index in [0.29, 0.717) is 11.5 Å². The van der Waals surface area contributed by atoms with E-state index in [-0.39, 0.29) is 6.03 Å². The van der Waals surface area contributed by atoms with Gasteiger partial charge in [0.15, 0.2) is 0 Å². The molecule has 2 fully saturated rings. The molecule has 1 atom stereocenters. The molecule has 1 aromatic rings. The number of carbonyl (C=O) groups excluding carboxylic acids is 1. The topological polar surface area (TPSA) is 44.4 Å². The molecule has 1 unspecified atom stereocenters. The summed E-state index contributed by atoms with van der Waals surface area (Å²) < 4.78 is 0. The lowest BCUT2D eigenvalue weighted by Crippen LogP contribution is -2.31. The summed E-state index contributed by atoms with van der Waals surface area (Å²) in [7, 11) is 0. The van der Waals surface area contributed by atoms with Crippen LogP contribution in [0.25, 0.3) is 0 Å². The van der Waals surface area contributed by atoms with Gasteiger partial charge in [-0.15, -0.1) is 0 Å². The van der Waals surface area contributed by atoms with Crippen molar-refractivity contribution < 1.29 is 4.79 Å². The second kappa shape index (κ2) is 5.58. The number of amides is 2. The van der Waals surface area contributed by atoms with E-state index in [1.807, 2.05) is 12.1 Å². The highest BCUT2D eigenvalue weighted by Crippen LogP contribution is 2.36. The van der Waals surface area contributed by atoms with E-state index in [1.54, 1.807) is 4.90 Å². The molecule has 2 amide bonds. The van der Waals surface area contributed by atoms with Gasteiger partial charge in [-0.3, -0.25) is 4.90 Å². The zero-order valence-electron chi connectivity index (χ0n) is 13.0. The van der Waals surface area contributed by atoms with Crippen LogP contribution in [-0.2, 0) is 0 Å². The second-order valence-corrected chi connectivity index (χ2v) is 7.03. The first kappa shape index (κ1) is 14.2. The number of rotatable bonds is 3. The predicted molar refractivity (Wildman–Crippen MR) is 86.8 cm³/mol. The van der Waals surface area contributed by atoms with E-state index >= 15 is 0 Å². The minimum Gasteiger partial charge on any atom is -0.382 e. The molecule has 1 saturated carbocycles. The molecule has 2 aliphatic rings. The van der Waals surface area contributed by atoms with Gasteiger partial charge in [-0.05, 0) is 48.9 Å². The largest absolute Gasteiger partial charge is 0.382 e.